The number of carbonyl (C=O) groups excluding carboxylic acids is 2. The molecule has 0 aliphatic heterocycles. The smallest absolute Gasteiger partial charge is 0.354 e. The number of carbonyl (C=O) groups is 2. The minimum Gasteiger partial charge on any atom is -0.495 e. The number of hydrogen-bond donors (Lipinski definition) is 1. The molecule has 0 saturated carbocycles. The summed E-state index contributed by atoms with van der Waals surface area (Å²) in [5.74, 6) is 0.0157. The quantitative estimate of drug-likeness (QED) is 0.556. The van der Waals surface area contributed by atoms with Gasteiger partial charge in [0.1, 0.15) is 23.7 Å². The van der Waals surface area contributed by atoms with E-state index in [1.165, 1.54) is 26.2 Å². The first kappa shape index (κ1) is 21.0. The second kappa shape index (κ2) is 8.75. The molecule has 0 fully saturated rings. The van der Waals surface area contributed by atoms with Crippen LogP contribution in [0, 0.1) is 0 Å². The molecule has 2 aromatic heterocycles. The minimum absolute atomic E-state index is 0.0688. The fourth-order valence-corrected chi connectivity index (χ4v) is 4.28. The largest absolute Gasteiger partial charge is 0.495 e. The van der Waals surface area contributed by atoms with Crippen LogP contribution in [0.4, 0.5) is 5.69 Å². The second-order valence-electron chi connectivity index (χ2n) is 6.16. The molecule has 29 heavy (non-hydrogen) atoms. The molecule has 0 spiro atoms. The van der Waals surface area contributed by atoms with Crippen molar-refractivity contribution >= 4 is 50.7 Å². The van der Waals surface area contributed by atoms with Gasteiger partial charge in [-0.1, -0.05) is 18.5 Å². The summed E-state index contributed by atoms with van der Waals surface area (Å²) < 4.78 is 17.9. The van der Waals surface area contributed by atoms with Gasteiger partial charge in [-0.15, -0.1) is 11.3 Å². The first-order chi connectivity index (χ1) is 13.9. The molecule has 0 bridgehead atoms. The van der Waals surface area contributed by atoms with E-state index >= 15 is 0 Å². The van der Waals surface area contributed by atoms with Gasteiger partial charge in [0.25, 0.3) is 0 Å². The Morgan fingerprint density at radius 1 is 1.10 bits per heavy atom. The Hall–Kier alpha value is -2.71. The third-order valence-electron chi connectivity index (χ3n) is 4.43. The van der Waals surface area contributed by atoms with Crippen molar-refractivity contribution < 1.29 is 23.8 Å². The van der Waals surface area contributed by atoms with Gasteiger partial charge in [-0.3, -0.25) is 4.79 Å². The summed E-state index contributed by atoms with van der Waals surface area (Å²) in [5, 5.41) is 3.13. The molecule has 0 saturated heterocycles. The van der Waals surface area contributed by atoms with Crippen LogP contribution < -0.4 is 14.8 Å². The number of aromatic nitrogens is 1. The monoisotopic (exact) mass is 436 g/mol. The lowest BCUT2D eigenvalue weighted by molar-refractivity contribution is -0.116. The standard InChI is InChI=1S/C20H21ClN2O5S/c1-5-11-6-14-18(29-11)8-15(20(25)28-4)23(14)10-19(24)22-13-7-12(21)16(26-2)9-17(13)27-3/h6-9H,5,10H2,1-4H3,(H,22,24). The molecule has 1 N–H and O–H groups in total. The summed E-state index contributed by atoms with van der Waals surface area (Å²) in [6, 6.07) is 6.90. The minimum atomic E-state index is -0.496. The number of methoxy groups -OCH3 is 3. The summed E-state index contributed by atoms with van der Waals surface area (Å²) in [6.45, 7) is 1.99. The molecule has 1 amide bonds. The maximum absolute atomic E-state index is 12.8. The third-order valence-corrected chi connectivity index (χ3v) is 5.94. The van der Waals surface area contributed by atoms with Crippen LogP contribution in [0.15, 0.2) is 24.3 Å². The molecule has 1 aromatic carbocycles. The van der Waals surface area contributed by atoms with E-state index in [4.69, 9.17) is 25.8 Å². The first-order valence-electron chi connectivity index (χ1n) is 8.83. The molecule has 3 rings (SSSR count). The van der Waals surface area contributed by atoms with Crippen molar-refractivity contribution in [1.82, 2.24) is 4.57 Å². The van der Waals surface area contributed by atoms with Crippen molar-refractivity contribution in [3.8, 4) is 11.5 Å². The summed E-state index contributed by atoms with van der Waals surface area (Å²) in [5.41, 5.74) is 1.55. The van der Waals surface area contributed by atoms with Crippen molar-refractivity contribution in [2.45, 2.75) is 19.9 Å². The van der Waals surface area contributed by atoms with Crippen LogP contribution in [-0.4, -0.2) is 37.8 Å². The molecule has 3 aromatic rings. The van der Waals surface area contributed by atoms with Crippen molar-refractivity contribution in [2.75, 3.05) is 26.6 Å². The summed E-state index contributed by atoms with van der Waals surface area (Å²) in [4.78, 5) is 26.1. The fraction of sp³-hybridized carbons (Fsp3) is 0.300. The summed E-state index contributed by atoms with van der Waals surface area (Å²) in [7, 11) is 4.30. The molecule has 7 nitrogen and oxygen atoms in total. The molecule has 154 valence electrons. The second-order valence-corrected chi connectivity index (χ2v) is 7.73. The lowest BCUT2D eigenvalue weighted by Crippen LogP contribution is -2.22. The van der Waals surface area contributed by atoms with E-state index in [1.54, 1.807) is 34.1 Å². The third kappa shape index (κ3) is 4.18. The Balaban J connectivity index is 1.92. The number of hydrogen-bond acceptors (Lipinski definition) is 6. The number of ether oxygens (including phenoxy) is 3. The van der Waals surface area contributed by atoms with E-state index in [2.05, 4.69) is 12.2 Å². The van der Waals surface area contributed by atoms with Crippen molar-refractivity contribution in [3.63, 3.8) is 0 Å². The lowest BCUT2D eigenvalue weighted by Gasteiger charge is -2.14. The number of aryl methyl sites for hydroxylation is 1. The molecule has 0 atom stereocenters. The van der Waals surface area contributed by atoms with Gasteiger partial charge >= 0.3 is 5.97 Å². The van der Waals surface area contributed by atoms with Crippen LogP contribution in [0.5, 0.6) is 11.5 Å². The molecule has 0 aliphatic carbocycles. The zero-order chi connectivity index (χ0) is 21.1. The zero-order valence-electron chi connectivity index (χ0n) is 16.5. The van der Waals surface area contributed by atoms with Gasteiger partial charge in [0, 0.05) is 10.9 Å². The molecule has 0 unspecified atom stereocenters. The van der Waals surface area contributed by atoms with Crippen LogP contribution in [0.25, 0.3) is 10.2 Å². The highest BCUT2D eigenvalue weighted by Crippen LogP contribution is 2.36. The normalized spacial score (nSPS) is 10.8. The molecule has 0 aliphatic rings. The van der Waals surface area contributed by atoms with Gasteiger partial charge in [-0.25, -0.2) is 4.79 Å². The highest BCUT2D eigenvalue weighted by Gasteiger charge is 2.21. The summed E-state index contributed by atoms with van der Waals surface area (Å²) in [6.07, 6.45) is 0.876. The lowest BCUT2D eigenvalue weighted by atomic mass is 10.2. The number of halogens is 1. The molecule has 2 heterocycles. The van der Waals surface area contributed by atoms with Gasteiger partial charge in [-0.05, 0) is 24.6 Å². The SMILES string of the molecule is CCc1cc2c(cc(C(=O)OC)n2CC(=O)Nc2cc(Cl)c(OC)cc2OC)s1. The van der Waals surface area contributed by atoms with Gasteiger partial charge in [0.15, 0.2) is 0 Å². The van der Waals surface area contributed by atoms with E-state index in [1.807, 2.05) is 6.07 Å². The van der Waals surface area contributed by atoms with Crippen LogP contribution in [0.3, 0.4) is 0 Å². The predicted octanol–water partition coefficient (Wildman–Crippen LogP) is 4.36. The average molecular weight is 437 g/mol. The number of fused-ring (bicyclic) bond motifs is 1. The molecular formula is C20H21ClN2O5S. The number of esters is 1. The maximum Gasteiger partial charge on any atom is 0.354 e. The number of amides is 1. The Morgan fingerprint density at radius 2 is 1.83 bits per heavy atom. The Labute approximate surface area is 177 Å². The number of nitrogens with one attached hydrogen (secondary N) is 1. The first-order valence-corrected chi connectivity index (χ1v) is 10.0. The zero-order valence-corrected chi connectivity index (χ0v) is 18.1. The summed E-state index contributed by atoms with van der Waals surface area (Å²) >= 11 is 7.76. The number of benzene rings is 1. The number of anilines is 1. The van der Waals surface area contributed by atoms with E-state index in [9.17, 15) is 9.59 Å². The van der Waals surface area contributed by atoms with Crippen LogP contribution in [0.2, 0.25) is 5.02 Å². The Morgan fingerprint density at radius 3 is 2.45 bits per heavy atom. The molecule has 0 radical (unpaired) electrons. The van der Waals surface area contributed by atoms with Crippen molar-refractivity contribution in [1.29, 1.82) is 0 Å². The van der Waals surface area contributed by atoms with Crippen LogP contribution in [-0.2, 0) is 22.5 Å². The topological polar surface area (TPSA) is 78.8 Å². The van der Waals surface area contributed by atoms with E-state index in [0.29, 0.717) is 27.9 Å². The van der Waals surface area contributed by atoms with Gasteiger partial charge in [0.2, 0.25) is 5.91 Å². The Bertz CT molecular complexity index is 1070. The number of rotatable bonds is 7. The van der Waals surface area contributed by atoms with Crippen molar-refractivity contribution in [3.05, 3.63) is 39.9 Å². The fourth-order valence-electron chi connectivity index (χ4n) is 3.00. The van der Waals surface area contributed by atoms with Gasteiger partial charge < -0.3 is 24.1 Å². The van der Waals surface area contributed by atoms with Gasteiger partial charge in [0.05, 0.1) is 42.3 Å². The number of nitrogens with zero attached hydrogens (tertiary/aromatic N) is 1. The molecular weight excluding hydrogens is 416 g/mol. The maximum atomic E-state index is 12.8. The van der Waals surface area contributed by atoms with Crippen LogP contribution >= 0.6 is 22.9 Å². The highest BCUT2D eigenvalue weighted by molar-refractivity contribution is 7.19. The Kier molecular flexibility index (Phi) is 6.34. The molecule has 9 heteroatoms. The van der Waals surface area contributed by atoms with Gasteiger partial charge in [-0.2, -0.15) is 0 Å². The van der Waals surface area contributed by atoms with E-state index < -0.39 is 5.97 Å². The van der Waals surface area contributed by atoms with E-state index in [-0.39, 0.29) is 12.5 Å². The van der Waals surface area contributed by atoms with E-state index in [0.717, 1.165) is 16.6 Å². The average Bonchev–Trinajstić information content (AvgIpc) is 3.26. The number of thiophene rings is 1. The highest BCUT2D eigenvalue weighted by atomic mass is 35.5. The van der Waals surface area contributed by atoms with Crippen LogP contribution in [0.1, 0.15) is 22.3 Å². The predicted molar refractivity (Wildman–Crippen MR) is 114 cm³/mol. The van der Waals surface area contributed by atoms with Crippen molar-refractivity contribution in [2.24, 2.45) is 0 Å².